The fraction of sp³-hybridized carbons (Fsp3) is 0.615. The van der Waals surface area contributed by atoms with Crippen molar-refractivity contribution in [2.45, 2.75) is 38.6 Å². The van der Waals surface area contributed by atoms with E-state index in [-0.39, 0.29) is 11.9 Å². The Morgan fingerprint density at radius 2 is 2.18 bits per heavy atom. The van der Waals surface area contributed by atoms with E-state index in [1.807, 2.05) is 7.05 Å². The molecule has 0 aliphatic heterocycles. The van der Waals surface area contributed by atoms with Crippen molar-refractivity contribution in [1.29, 1.82) is 0 Å². The van der Waals surface area contributed by atoms with Gasteiger partial charge >= 0.3 is 0 Å². The average molecular weight is 235 g/mol. The minimum absolute atomic E-state index is 0.0244. The number of aromatic nitrogens is 1. The molecule has 0 spiro atoms. The molecule has 0 saturated heterocycles. The zero-order valence-electron chi connectivity index (χ0n) is 10.6. The predicted octanol–water partition coefficient (Wildman–Crippen LogP) is 1.92. The minimum atomic E-state index is -0.0244. The quantitative estimate of drug-likeness (QED) is 0.840. The molecule has 2 rings (SSSR count). The van der Waals surface area contributed by atoms with E-state index >= 15 is 0 Å². The molecule has 1 saturated carbocycles. The van der Waals surface area contributed by atoms with E-state index in [4.69, 9.17) is 5.73 Å². The van der Waals surface area contributed by atoms with E-state index in [2.05, 4.69) is 12.2 Å². The number of amides is 1. The van der Waals surface area contributed by atoms with Gasteiger partial charge in [0.1, 0.15) is 5.69 Å². The smallest absolute Gasteiger partial charge is 0.268 e. The number of nitrogens with zero attached hydrogens (tertiary/aromatic N) is 1. The maximum absolute atomic E-state index is 12.1. The van der Waals surface area contributed by atoms with Crippen LogP contribution in [0.15, 0.2) is 12.3 Å². The van der Waals surface area contributed by atoms with E-state index in [1.54, 1.807) is 16.8 Å². The van der Waals surface area contributed by atoms with Crippen LogP contribution in [0.25, 0.3) is 0 Å². The third-order valence-corrected chi connectivity index (χ3v) is 3.72. The second kappa shape index (κ2) is 4.82. The lowest BCUT2D eigenvalue weighted by molar-refractivity contribution is 0.0919. The van der Waals surface area contributed by atoms with Gasteiger partial charge in [-0.3, -0.25) is 4.79 Å². The molecule has 4 nitrogen and oxygen atoms in total. The maximum atomic E-state index is 12.1. The highest BCUT2D eigenvalue weighted by atomic mass is 16.2. The second-order valence-electron chi connectivity index (χ2n) is 5.08. The number of nitrogens with two attached hydrogens (primary N) is 1. The van der Waals surface area contributed by atoms with E-state index in [0.29, 0.717) is 17.3 Å². The summed E-state index contributed by atoms with van der Waals surface area (Å²) in [4.78, 5) is 12.1. The SMILES string of the molecule is CC(NC(=O)c1cc(N)cn1C)C1CCCC1. The highest BCUT2D eigenvalue weighted by Crippen LogP contribution is 2.27. The van der Waals surface area contributed by atoms with Crippen LogP contribution in [0.3, 0.4) is 0 Å². The fourth-order valence-electron chi connectivity index (χ4n) is 2.67. The van der Waals surface area contributed by atoms with Crippen LogP contribution in [0.1, 0.15) is 43.1 Å². The van der Waals surface area contributed by atoms with Crippen LogP contribution in [-0.4, -0.2) is 16.5 Å². The molecule has 1 aliphatic carbocycles. The molecule has 4 heteroatoms. The molecule has 1 unspecified atom stereocenters. The van der Waals surface area contributed by atoms with Gasteiger partial charge in [-0.1, -0.05) is 12.8 Å². The number of hydrogen-bond donors (Lipinski definition) is 2. The predicted molar refractivity (Wildman–Crippen MR) is 68.7 cm³/mol. The fourth-order valence-corrected chi connectivity index (χ4v) is 2.67. The second-order valence-corrected chi connectivity index (χ2v) is 5.08. The summed E-state index contributed by atoms with van der Waals surface area (Å²) in [5.74, 6) is 0.611. The van der Waals surface area contributed by atoms with Crippen LogP contribution in [0, 0.1) is 5.92 Å². The van der Waals surface area contributed by atoms with Gasteiger partial charge in [0.25, 0.3) is 5.91 Å². The summed E-state index contributed by atoms with van der Waals surface area (Å²) in [5.41, 5.74) is 6.93. The molecule has 1 aromatic rings. The molecule has 17 heavy (non-hydrogen) atoms. The molecule has 1 aromatic heterocycles. The molecular formula is C13H21N3O. The van der Waals surface area contributed by atoms with E-state index in [9.17, 15) is 4.79 Å². The molecular weight excluding hydrogens is 214 g/mol. The van der Waals surface area contributed by atoms with Crippen molar-refractivity contribution in [3.63, 3.8) is 0 Å². The first-order valence-electron chi connectivity index (χ1n) is 6.30. The van der Waals surface area contributed by atoms with Crippen molar-refractivity contribution in [2.24, 2.45) is 13.0 Å². The molecule has 1 fully saturated rings. The lowest BCUT2D eigenvalue weighted by Crippen LogP contribution is -2.37. The summed E-state index contributed by atoms with van der Waals surface area (Å²) in [6, 6.07) is 1.97. The standard InChI is InChI=1S/C13H21N3O/c1-9(10-5-3-4-6-10)15-13(17)12-7-11(14)8-16(12)2/h7-10H,3-6,14H2,1-2H3,(H,15,17). The number of carbonyl (C=O) groups is 1. The number of rotatable bonds is 3. The van der Waals surface area contributed by atoms with Crippen molar-refractivity contribution < 1.29 is 4.79 Å². The normalized spacial score (nSPS) is 18.2. The molecule has 0 aromatic carbocycles. The number of hydrogen-bond acceptors (Lipinski definition) is 2. The van der Waals surface area contributed by atoms with Gasteiger partial charge in [0.15, 0.2) is 0 Å². The zero-order valence-corrected chi connectivity index (χ0v) is 10.6. The molecule has 1 heterocycles. The Balaban J connectivity index is 1.98. The topological polar surface area (TPSA) is 60.1 Å². The first kappa shape index (κ1) is 12.0. The van der Waals surface area contributed by atoms with E-state index in [1.165, 1.54) is 25.7 Å². The number of aryl methyl sites for hydroxylation is 1. The van der Waals surface area contributed by atoms with Crippen molar-refractivity contribution in [3.05, 3.63) is 18.0 Å². The van der Waals surface area contributed by atoms with E-state index in [0.717, 1.165) is 0 Å². The summed E-state index contributed by atoms with van der Waals surface area (Å²) in [6.45, 7) is 2.10. The Bertz CT molecular complexity index is 405. The van der Waals surface area contributed by atoms with Crippen molar-refractivity contribution >= 4 is 11.6 Å². The van der Waals surface area contributed by atoms with Crippen molar-refractivity contribution in [2.75, 3.05) is 5.73 Å². The molecule has 0 bridgehead atoms. The van der Waals surface area contributed by atoms with Gasteiger partial charge in [-0.05, 0) is 31.7 Å². The Morgan fingerprint density at radius 3 is 2.71 bits per heavy atom. The number of nitrogen functional groups attached to an aromatic ring is 1. The highest BCUT2D eigenvalue weighted by molar-refractivity contribution is 5.93. The molecule has 1 aliphatic rings. The third kappa shape index (κ3) is 2.62. The van der Waals surface area contributed by atoms with Gasteiger partial charge in [-0.25, -0.2) is 0 Å². The molecule has 3 N–H and O–H groups in total. The van der Waals surface area contributed by atoms with Gasteiger partial charge in [0.2, 0.25) is 0 Å². The first-order valence-corrected chi connectivity index (χ1v) is 6.30. The Labute approximate surface area is 102 Å². The lowest BCUT2D eigenvalue weighted by Gasteiger charge is -2.20. The summed E-state index contributed by atoms with van der Waals surface area (Å²) in [5, 5.41) is 3.08. The van der Waals surface area contributed by atoms with Gasteiger partial charge < -0.3 is 15.6 Å². The van der Waals surface area contributed by atoms with Crippen molar-refractivity contribution in [3.8, 4) is 0 Å². The van der Waals surface area contributed by atoms with Gasteiger partial charge in [0, 0.05) is 19.3 Å². The van der Waals surface area contributed by atoms with E-state index < -0.39 is 0 Å². The number of carbonyl (C=O) groups excluding carboxylic acids is 1. The Kier molecular flexibility index (Phi) is 3.41. The van der Waals surface area contributed by atoms with Crippen LogP contribution in [0.4, 0.5) is 5.69 Å². The summed E-state index contributed by atoms with van der Waals surface area (Å²) in [6.07, 6.45) is 6.81. The number of nitrogens with one attached hydrogen (secondary N) is 1. The summed E-state index contributed by atoms with van der Waals surface area (Å²) in [7, 11) is 1.84. The monoisotopic (exact) mass is 235 g/mol. The Hall–Kier alpha value is -1.45. The molecule has 1 atom stereocenters. The van der Waals surface area contributed by atoms with Crippen LogP contribution < -0.4 is 11.1 Å². The lowest BCUT2D eigenvalue weighted by atomic mass is 10.00. The molecule has 1 amide bonds. The number of anilines is 1. The zero-order chi connectivity index (χ0) is 12.4. The van der Waals surface area contributed by atoms with Crippen LogP contribution in [0.2, 0.25) is 0 Å². The van der Waals surface area contributed by atoms with Crippen LogP contribution in [0.5, 0.6) is 0 Å². The van der Waals surface area contributed by atoms with Gasteiger partial charge in [0.05, 0.1) is 5.69 Å². The van der Waals surface area contributed by atoms with Gasteiger partial charge in [-0.15, -0.1) is 0 Å². The summed E-state index contributed by atoms with van der Waals surface area (Å²) >= 11 is 0. The minimum Gasteiger partial charge on any atom is -0.397 e. The molecule has 94 valence electrons. The third-order valence-electron chi connectivity index (χ3n) is 3.72. The maximum Gasteiger partial charge on any atom is 0.268 e. The van der Waals surface area contributed by atoms with Crippen molar-refractivity contribution in [1.82, 2.24) is 9.88 Å². The van der Waals surface area contributed by atoms with Crippen LogP contribution in [-0.2, 0) is 7.05 Å². The first-order chi connectivity index (χ1) is 8.08. The Morgan fingerprint density at radius 1 is 1.53 bits per heavy atom. The van der Waals surface area contributed by atoms with Crippen LogP contribution >= 0.6 is 0 Å². The highest BCUT2D eigenvalue weighted by Gasteiger charge is 2.23. The van der Waals surface area contributed by atoms with Gasteiger partial charge in [-0.2, -0.15) is 0 Å². The average Bonchev–Trinajstić information content (AvgIpc) is 2.87. The molecule has 0 radical (unpaired) electrons. The largest absolute Gasteiger partial charge is 0.397 e. The summed E-state index contributed by atoms with van der Waals surface area (Å²) < 4.78 is 1.77.